The minimum Gasteiger partial charge on any atom is -0.360 e. The van der Waals surface area contributed by atoms with Crippen LogP contribution in [0, 0.1) is 28.5 Å². The number of halogens is 1. The lowest BCUT2D eigenvalue weighted by Gasteiger charge is -2.41. The van der Waals surface area contributed by atoms with Crippen molar-refractivity contribution in [2.45, 2.75) is 43.4 Å². The van der Waals surface area contributed by atoms with Crippen molar-refractivity contribution in [2.24, 2.45) is 0 Å². The summed E-state index contributed by atoms with van der Waals surface area (Å²) in [7, 11) is 0. The van der Waals surface area contributed by atoms with Crippen molar-refractivity contribution in [1.29, 1.82) is 10.5 Å². The third-order valence-electron chi connectivity index (χ3n) is 6.75. The average molecular weight is 431 g/mol. The Morgan fingerprint density at radius 2 is 1.91 bits per heavy atom. The lowest BCUT2D eigenvalue weighted by Crippen LogP contribution is -2.56. The number of hydrogen-bond acceptors (Lipinski definition) is 6. The number of anilines is 1. The van der Waals surface area contributed by atoms with Crippen molar-refractivity contribution in [2.75, 3.05) is 24.6 Å². The van der Waals surface area contributed by atoms with Crippen molar-refractivity contribution < 1.29 is 13.9 Å². The third kappa shape index (κ3) is 3.57. The van der Waals surface area contributed by atoms with Gasteiger partial charge in [0.2, 0.25) is 5.91 Å². The highest BCUT2D eigenvalue weighted by Crippen LogP contribution is 2.50. The number of piperazine rings is 1. The number of carbonyl (C=O) groups is 1. The van der Waals surface area contributed by atoms with Gasteiger partial charge in [-0.2, -0.15) is 10.5 Å². The minimum absolute atomic E-state index is 0.0874. The van der Waals surface area contributed by atoms with Crippen LogP contribution in [0.1, 0.15) is 42.4 Å². The summed E-state index contributed by atoms with van der Waals surface area (Å²) in [6, 6.07) is 12.3. The van der Waals surface area contributed by atoms with Crippen LogP contribution in [-0.4, -0.2) is 47.6 Å². The van der Waals surface area contributed by atoms with Gasteiger partial charge in [-0.1, -0.05) is 0 Å². The minimum atomic E-state index is -0.740. The predicted molar refractivity (Wildman–Crippen MR) is 113 cm³/mol. The summed E-state index contributed by atoms with van der Waals surface area (Å²) in [6.45, 7) is 1.10. The molecule has 1 aromatic heterocycles. The first-order valence-corrected chi connectivity index (χ1v) is 10.8. The van der Waals surface area contributed by atoms with Crippen LogP contribution in [0.15, 0.2) is 36.5 Å². The molecule has 3 heterocycles. The molecule has 0 spiro atoms. The van der Waals surface area contributed by atoms with Gasteiger partial charge < -0.3 is 14.5 Å². The molecule has 7 nitrogen and oxygen atoms in total. The fourth-order valence-electron chi connectivity index (χ4n) is 4.97. The van der Waals surface area contributed by atoms with Gasteiger partial charge in [-0.15, -0.1) is 0 Å². The molecular formula is C24H22FN5O2. The highest BCUT2D eigenvalue weighted by atomic mass is 19.1. The Bertz CT molecular complexity index is 1120. The highest BCUT2D eigenvalue weighted by Gasteiger charge is 2.48. The van der Waals surface area contributed by atoms with E-state index in [2.05, 4.69) is 22.0 Å². The lowest BCUT2D eigenvalue weighted by molar-refractivity contribution is -0.140. The number of hydrogen-bond donors (Lipinski definition) is 0. The zero-order valence-corrected chi connectivity index (χ0v) is 17.5. The molecule has 1 aliphatic carbocycles. The summed E-state index contributed by atoms with van der Waals surface area (Å²) in [4.78, 5) is 21.5. The van der Waals surface area contributed by atoms with Gasteiger partial charge in [-0.25, -0.2) is 9.37 Å². The number of aromatic nitrogens is 1. The van der Waals surface area contributed by atoms with E-state index in [-0.39, 0.29) is 24.6 Å². The van der Waals surface area contributed by atoms with E-state index in [4.69, 9.17) is 10.00 Å². The fraction of sp³-hybridized carbons (Fsp3) is 0.417. The van der Waals surface area contributed by atoms with Crippen LogP contribution in [0.25, 0.3) is 0 Å². The summed E-state index contributed by atoms with van der Waals surface area (Å²) in [5.74, 6) is 0.340. The Kier molecular flexibility index (Phi) is 5.03. The summed E-state index contributed by atoms with van der Waals surface area (Å²) in [5.41, 5.74) is 0.706. The maximum Gasteiger partial charge on any atom is 0.248 e. The second-order valence-electron chi connectivity index (χ2n) is 8.69. The molecule has 2 saturated heterocycles. The topological polar surface area (TPSA) is 93.3 Å². The molecular weight excluding hydrogens is 409 g/mol. The van der Waals surface area contributed by atoms with Crippen LogP contribution < -0.4 is 4.90 Å². The Hall–Kier alpha value is -3.49. The Labute approximate surface area is 185 Å². The number of likely N-dealkylation sites (tertiary alicyclic amines) is 1. The number of amides is 1. The van der Waals surface area contributed by atoms with Gasteiger partial charge in [0.1, 0.15) is 24.3 Å². The quantitative estimate of drug-likeness (QED) is 0.723. The first-order valence-electron chi connectivity index (χ1n) is 10.8. The van der Waals surface area contributed by atoms with Crippen molar-refractivity contribution in [1.82, 2.24) is 9.88 Å². The molecule has 1 aromatic carbocycles. The molecule has 3 fully saturated rings. The van der Waals surface area contributed by atoms with Crippen LogP contribution in [0.4, 0.5) is 10.2 Å². The molecule has 0 N–H and O–H groups in total. The van der Waals surface area contributed by atoms with Gasteiger partial charge in [-0.3, -0.25) is 4.79 Å². The summed E-state index contributed by atoms with van der Waals surface area (Å²) in [6.07, 6.45) is 4.88. The zero-order valence-electron chi connectivity index (χ0n) is 17.5. The highest BCUT2D eigenvalue weighted by molar-refractivity contribution is 5.78. The van der Waals surface area contributed by atoms with Gasteiger partial charge in [0.05, 0.1) is 22.8 Å². The van der Waals surface area contributed by atoms with Gasteiger partial charge in [-0.05, 0) is 56.0 Å². The largest absolute Gasteiger partial charge is 0.360 e. The standard InChI is InChI=1S/C24H22FN5O2/c25-18-3-2-17(11-27)21(9-18)24(7-8-24)32-15-23(31)29-13-19-4-5-20(14-29)30(19)22-6-1-16(10-26)12-28-22/h1-3,6,9,12,19-20H,4-5,7-8,13-15H2. The lowest BCUT2D eigenvalue weighted by atomic mass is 10.0. The summed E-state index contributed by atoms with van der Waals surface area (Å²) < 4.78 is 19.8. The summed E-state index contributed by atoms with van der Waals surface area (Å²) >= 11 is 0. The van der Waals surface area contributed by atoms with E-state index in [1.54, 1.807) is 12.3 Å². The van der Waals surface area contributed by atoms with E-state index in [9.17, 15) is 14.4 Å². The van der Waals surface area contributed by atoms with Crippen LogP contribution >= 0.6 is 0 Å². The van der Waals surface area contributed by atoms with Crippen molar-refractivity contribution in [3.63, 3.8) is 0 Å². The molecule has 1 amide bonds. The monoisotopic (exact) mass is 431 g/mol. The van der Waals surface area contributed by atoms with Gasteiger partial charge in [0.25, 0.3) is 0 Å². The maximum atomic E-state index is 13.8. The average Bonchev–Trinajstić information content (AvgIpc) is 3.57. The fourth-order valence-corrected chi connectivity index (χ4v) is 4.97. The Morgan fingerprint density at radius 3 is 2.50 bits per heavy atom. The zero-order chi connectivity index (χ0) is 22.3. The van der Waals surface area contributed by atoms with Gasteiger partial charge >= 0.3 is 0 Å². The van der Waals surface area contributed by atoms with E-state index < -0.39 is 11.4 Å². The molecule has 32 heavy (non-hydrogen) atoms. The number of rotatable bonds is 5. The molecule has 5 rings (SSSR count). The molecule has 2 aromatic rings. The van der Waals surface area contributed by atoms with E-state index in [1.807, 2.05) is 11.0 Å². The molecule has 0 radical (unpaired) electrons. The predicted octanol–water partition coefficient (Wildman–Crippen LogP) is 2.85. The molecule has 3 aliphatic rings. The van der Waals surface area contributed by atoms with Crippen LogP contribution in [0.2, 0.25) is 0 Å². The maximum absolute atomic E-state index is 13.8. The number of carbonyl (C=O) groups excluding carboxylic acids is 1. The molecule has 162 valence electrons. The second kappa shape index (κ2) is 7.89. The van der Waals surface area contributed by atoms with Crippen LogP contribution in [-0.2, 0) is 15.1 Å². The van der Waals surface area contributed by atoms with Gasteiger partial charge in [0.15, 0.2) is 0 Å². The number of benzene rings is 1. The van der Waals surface area contributed by atoms with E-state index in [0.29, 0.717) is 42.6 Å². The molecule has 8 heteroatoms. The number of fused-ring (bicyclic) bond motifs is 2. The smallest absolute Gasteiger partial charge is 0.248 e. The van der Waals surface area contributed by atoms with Gasteiger partial charge in [0, 0.05) is 36.9 Å². The molecule has 1 saturated carbocycles. The second-order valence-corrected chi connectivity index (χ2v) is 8.69. The van der Waals surface area contributed by atoms with Crippen molar-refractivity contribution in [3.8, 4) is 12.1 Å². The number of pyridine rings is 1. The number of ether oxygens (including phenoxy) is 1. The molecule has 2 bridgehead atoms. The molecule has 2 aliphatic heterocycles. The normalized spacial score (nSPS) is 22.8. The molecule has 2 atom stereocenters. The van der Waals surface area contributed by atoms with E-state index in [1.165, 1.54) is 18.2 Å². The Morgan fingerprint density at radius 1 is 1.16 bits per heavy atom. The summed E-state index contributed by atoms with van der Waals surface area (Å²) in [5, 5.41) is 18.4. The van der Waals surface area contributed by atoms with E-state index in [0.717, 1.165) is 18.7 Å². The van der Waals surface area contributed by atoms with Crippen LogP contribution in [0.3, 0.4) is 0 Å². The SMILES string of the molecule is N#Cc1ccc(N2C3CCC2CN(C(=O)COC2(c4cc(F)ccc4C#N)CC2)C3)nc1. The Balaban J connectivity index is 1.24. The van der Waals surface area contributed by atoms with Crippen molar-refractivity contribution >= 4 is 11.7 Å². The first kappa shape index (κ1) is 20.4. The molecule has 2 unspecified atom stereocenters. The van der Waals surface area contributed by atoms with Crippen LogP contribution in [0.5, 0.6) is 0 Å². The van der Waals surface area contributed by atoms with Crippen molar-refractivity contribution in [3.05, 3.63) is 59.0 Å². The third-order valence-corrected chi connectivity index (χ3v) is 6.75. The van der Waals surface area contributed by atoms with E-state index >= 15 is 0 Å². The number of nitrogens with zero attached hydrogens (tertiary/aromatic N) is 5. The number of nitriles is 2. The first-order chi connectivity index (χ1) is 15.5.